The molecular formula is C13H19ClN6OS. The van der Waals surface area contributed by atoms with Crippen LogP contribution >= 0.6 is 24.2 Å². The van der Waals surface area contributed by atoms with Gasteiger partial charge < -0.3 is 10.5 Å². The number of nitrogens with two attached hydrogens (primary N) is 1. The van der Waals surface area contributed by atoms with E-state index in [-0.39, 0.29) is 17.9 Å². The number of hydrogen-bond acceptors (Lipinski definition) is 7. The van der Waals surface area contributed by atoms with Gasteiger partial charge in [-0.15, -0.1) is 22.6 Å². The highest BCUT2D eigenvalue weighted by Gasteiger charge is 2.35. The van der Waals surface area contributed by atoms with Crippen LogP contribution in [0.25, 0.3) is 0 Å². The molecule has 1 aliphatic heterocycles. The minimum atomic E-state index is -0.110. The molecule has 0 saturated heterocycles. The number of rotatable bonds is 4. The predicted octanol–water partition coefficient (Wildman–Crippen LogP) is 1.81. The minimum absolute atomic E-state index is 0. The van der Waals surface area contributed by atoms with Crippen LogP contribution in [0.5, 0.6) is 0 Å². The maximum Gasteiger partial charge on any atom is 0.211 e. The molecule has 2 atom stereocenters. The molecule has 0 amide bonds. The summed E-state index contributed by atoms with van der Waals surface area (Å²) in [6, 6.07) is 0. The number of amidine groups is 1. The molecule has 2 unspecified atom stereocenters. The Kier molecular flexibility index (Phi) is 5.47. The summed E-state index contributed by atoms with van der Waals surface area (Å²) in [4.78, 5) is 4.65. The lowest BCUT2D eigenvalue weighted by Gasteiger charge is -2.36. The van der Waals surface area contributed by atoms with Crippen LogP contribution in [0.3, 0.4) is 0 Å². The lowest BCUT2D eigenvalue weighted by Crippen LogP contribution is -2.37. The molecule has 3 N–H and O–H groups in total. The third-order valence-corrected chi connectivity index (χ3v) is 4.64. The number of tetrazole rings is 1. The highest BCUT2D eigenvalue weighted by Crippen LogP contribution is 2.37. The van der Waals surface area contributed by atoms with Gasteiger partial charge in [0.1, 0.15) is 5.76 Å². The number of hydrogen-bond donors (Lipinski definition) is 2. The number of ether oxygens (including phenoxy) is 1. The van der Waals surface area contributed by atoms with Gasteiger partial charge in [0.15, 0.2) is 11.8 Å². The summed E-state index contributed by atoms with van der Waals surface area (Å²) >= 11 is 1.63. The standard InChI is InChI=1S/C13H18N6OS.ClH/c1-13(6-7-21-12(14)15-13)9-2-4-10(5-3-9)20-8-11-16-18-19-17-11;/h2,4-5,9H,3,6-8H2,1H3,(H2,14,15)(H,16,17,18,19);1H. The first-order valence-electron chi connectivity index (χ1n) is 6.87. The third-order valence-electron chi connectivity index (χ3n) is 3.85. The van der Waals surface area contributed by atoms with Crippen LogP contribution in [-0.4, -0.2) is 37.1 Å². The van der Waals surface area contributed by atoms with E-state index in [0.717, 1.165) is 24.4 Å². The normalized spacial score (nSPS) is 27.6. The molecule has 2 heterocycles. The van der Waals surface area contributed by atoms with E-state index in [0.29, 0.717) is 23.5 Å². The number of nitrogens with zero attached hydrogens (tertiary/aromatic N) is 4. The molecule has 22 heavy (non-hydrogen) atoms. The van der Waals surface area contributed by atoms with Gasteiger partial charge in [0.05, 0.1) is 5.54 Å². The average molecular weight is 343 g/mol. The molecule has 0 radical (unpaired) electrons. The Morgan fingerprint density at radius 2 is 2.41 bits per heavy atom. The second-order valence-electron chi connectivity index (χ2n) is 5.33. The molecule has 0 saturated carbocycles. The van der Waals surface area contributed by atoms with Gasteiger partial charge >= 0.3 is 0 Å². The van der Waals surface area contributed by atoms with Gasteiger partial charge in [-0.25, -0.2) is 0 Å². The van der Waals surface area contributed by atoms with E-state index in [4.69, 9.17) is 10.5 Å². The highest BCUT2D eigenvalue weighted by atomic mass is 35.5. The second-order valence-corrected chi connectivity index (χ2v) is 6.45. The first kappa shape index (κ1) is 16.8. The number of allylic oxidation sites excluding steroid dienone is 2. The Morgan fingerprint density at radius 1 is 1.55 bits per heavy atom. The fourth-order valence-electron chi connectivity index (χ4n) is 2.53. The SMILES string of the molecule is CC1(C2C=CC(OCc3nn[nH]n3)=CC2)CCSC(N)=N1.Cl. The first-order chi connectivity index (χ1) is 10.2. The maximum absolute atomic E-state index is 5.87. The lowest BCUT2D eigenvalue weighted by atomic mass is 9.79. The smallest absolute Gasteiger partial charge is 0.211 e. The molecule has 0 spiro atoms. The van der Waals surface area contributed by atoms with E-state index in [9.17, 15) is 0 Å². The Bertz CT molecular complexity index is 587. The number of halogens is 1. The van der Waals surface area contributed by atoms with E-state index in [1.54, 1.807) is 11.8 Å². The van der Waals surface area contributed by atoms with Crippen LogP contribution in [0.4, 0.5) is 0 Å². The van der Waals surface area contributed by atoms with E-state index in [1.807, 2.05) is 6.08 Å². The average Bonchev–Trinajstić information content (AvgIpc) is 2.99. The van der Waals surface area contributed by atoms with Crippen LogP contribution in [0.15, 0.2) is 29.0 Å². The van der Waals surface area contributed by atoms with E-state index in [1.165, 1.54) is 0 Å². The summed E-state index contributed by atoms with van der Waals surface area (Å²) in [5.41, 5.74) is 5.76. The molecule has 1 aliphatic carbocycles. The number of aromatic nitrogens is 4. The molecule has 120 valence electrons. The van der Waals surface area contributed by atoms with Crippen molar-refractivity contribution in [1.29, 1.82) is 0 Å². The van der Waals surface area contributed by atoms with Crippen LogP contribution in [0.1, 0.15) is 25.6 Å². The largest absolute Gasteiger partial charge is 0.486 e. The van der Waals surface area contributed by atoms with Crippen molar-refractivity contribution in [2.45, 2.75) is 31.9 Å². The third kappa shape index (κ3) is 3.80. The molecule has 1 aromatic heterocycles. The summed E-state index contributed by atoms with van der Waals surface area (Å²) in [5.74, 6) is 2.76. The van der Waals surface area contributed by atoms with Gasteiger partial charge in [-0.2, -0.15) is 5.21 Å². The highest BCUT2D eigenvalue weighted by molar-refractivity contribution is 8.13. The molecule has 0 bridgehead atoms. The summed E-state index contributed by atoms with van der Waals surface area (Å²) in [7, 11) is 0. The zero-order valence-electron chi connectivity index (χ0n) is 12.2. The molecule has 0 aromatic carbocycles. The Labute approximate surface area is 139 Å². The topological polar surface area (TPSA) is 102 Å². The number of H-pyrrole nitrogens is 1. The molecule has 7 nitrogen and oxygen atoms in total. The molecule has 0 fully saturated rings. The van der Waals surface area contributed by atoms with Gasteiger partial charge in [-0.3, -0.25) is 4.99 Å². The number of aromatic amines is 1. The van der Waals surface area contributed by atoms with Crippen LogP contribution < -0.4 is 5.73 Å². The van der Waals surface area contributed by atoms with Crippen molar-refractivity contribution >= 4 is 29.3 Å². The van der Waals surface area contributed by atoms with Crippen molar-refractivity contribution in [2.24, 2.45) is 16.6 Å². The Hall–Kier alpha value is -1.54. The van der Waals surface area contributed by atoms with Crippen molar-refractivity contribution in [3.8, 4) is 0 Å². The van der Waals surface area contributed by atoms with Gasteiger partial charge in [-0.05, 0) is 31.9 Å². The summed E-state index contributed by atoms with van der Waals surface area (Å²) < 4.78 is 5.64. The molecular weight excluding hydrogens is 324 g/mol. The van der Waals surface area contributed by atoms with Crippen molar-refractivity contribution < 1.29 is 4.74 Å². The van der Waals surface area contributed by atoms with Crippen LogP contribution in [0, 0.1) is 5.92 Å². The molecule has 1 aromatic rings. The Morgan fingerprint density at radius 3 is 3.05 bits per heavy atom. The monoisotopic (exact) mass is 342 g/mol. The van der Waals surface area contributed by atoms with Crippen LogP contribution in [0.2, 0.25) is 0 Å². The molecule has 9 heteroatoms. The zero-order chi connectivity index (χ0) is 14.7. The maximum atomic E-state index is 5.87. The summed E-state index contributed by atoms with van der Waals surface area (Å²) in [6.07, 6.45) is 8.19. The van der Waals surface area contributed by atoms with E-state index in [2.05, 4.69) is 44.7 Å². The van der Waals surface area contributed by atoms with Gasteiger partial charge in [0, 0.05) is 11.7 Å². The van der Waals surface area contributed by atoms with Crippen LogP contribution in [-0.2, 0) is 11.3 Å². The fourth-order valence-corrected chi connectivity index (χ4v) is 3.53. The summed E-state index contributed by atoms with van der Waals surface area (Å²) in [5, 5.41) is 14.3. The number of thioether (sulfide) groups is 1. The van der Waals surface area contributed by atoms with Gasteiger partial charge in [-0.1, -0.05) is 23.1 Å². The van der Waals surface area contributed by atoms with E-state index >= 15 is 0 Å². The van der Waals surface area contributed by atoms with E-state index < -0.39 is 0 Å². The molecule has 2 aliphatic rings. The second kappa shape index (κ2) is 7.15. The predicted molar refractivity (Wildman–Crippen MR) is 88.6 cm³/mol. The molecule has 3 rings (SSSR count). The van der Waals surface area contributed by atoms with Gasteiger partial charge in [0.25, 0.3) is 0 Å². The fraction of sp³-hybridized carbons (Fsp3) is 0.538. The quantitative estimate of drug-likeness (QED) is 0.865. The van der Waals surface area contributed by atoms with Gasteiger partial charge in [0.2, 0.25) is 5.82 Å². The van der Waals surface area contributed by atoms with Crippen molar-refractivity contribution in [3.05, 3.63) is 29.8 Å². The van der Waals surface area contributed by atoms with Crippen molar-refractivity contribution in [1.82, 2.24) is 20.6 Å². The number of aliphatic imine (C=N–C) groups is 1. The Balaban J connectivity index is 0.00000176. The summed E-state index contributed by atoms with van der Waals surface area (Å²) in [6.45, 7) is 2.49. The minimum Gasteiger partial charge on any atom is -0.486 e. The first-order valence-corrected chi connectivity index (χ1v) is 7.86. The van der Waals surface area contributed by atoms with Crippen molar-refractivity contribution in [2.75, 3.05) is 5.75 Å². The van der Waals surface area contributed by atoms with Crippen molar-refractivity contribution in [3.63, 3.8) is 0 Å². The zero-order valence-corrected chi connectivity index (χ0v) is 13.9. The lowest BCUT2D eigenvalue weighted by molar-refractivity contribution is 0.198. The number of nitrogens with one attached hydrogen (secondary N) is 1.